The number of nitrogens with zero attached hydrogens (tertiary/aromatic N) is 1. The third kappa shape index (κ3) is 4.73. The Balaban J connectivity index is 1.21. The van der Waals surface area contributed by atoms with E-state index in [1.807, 2.05) is 18.2 Å². The number of rotatable bonds is 6. The molecule has 4 bridgehead atoms. The Kier molecular flexibility index (Phi) is 6.71. The topological polar surface area (TPSA) is 93.7 Å². The van der Waals surface area contributed by atoms with Crippen molar-refractivity contribution in [2.24, 2.45) is 17.8 Å². The third-order valence-electron chi connectivity index (χ3n) is 8.77. The predicted molar refractivity (Wildman–Crippen MR) is 155 cm³/mol. The molecule has 0 radical (unpaired) electrons. The summed E-state index contributed by atoms with van der Waals surface area (Å²) in [5.74, 6) is 3.55. The lowest BCUT2D eigenvalue weighted by Crippen LogP contribution is -2.49. The van der Waals surface area contributed by atoms with E-state index >= 15 is 0 Å². The van der Waals surface area contributed by atoms with E-state index in [2.05, 4.69) is 28.3 Å². The summed E-state index contributed by atoms with van der Waals surface area (Å²) in [6, 6.07) is 13.7. The SMILES string of the molecule is COc1cc(NC(=S)NNC(=O)c2cc(C34CC5CC(CC(C5)C3)C4)c3ccccc3n2)cc(OC)c1OC. The second kappa shape index (κ2) is 10.2. The number of aromatic nitrogens is 1. The van der Waals surface area contributed by atoms with Gasteiger partial charge in [-0.2, -0.15) is 0 Å². The number of anilines is 1. The number of fused-ring (bicyclic) bond motifs is 1. The largest absolute Gasteiger partial charge is 0.493 e. The molecular formula is C30H34N4O4S. The highest BCUT2D eigenvalue weighted by Gasteiger charge is 2.52. The van der Waals surface area contributed by atoms with Crippen LogP contribution in [0.3, 0.4) is 0 Å². The monoisotopic (exact) mass is 546 g/mol. The van der Waals surface area contributed by atoms with Crippen molar-refractivity contribution >= 4 is 39.8 Å². The number of amides is 1. The Bertz CT molecular complexity index is 1380. The first kappa shape index (κ1) is 25.7. The molecule has 204 valence electrons. The summed E-state index contributed by atoms with van der Waals surface area (Å²) in [6.07, 6.45) is 7.76. The molecule has 4 aliphatic rings. The number of carbonyl (C=O) groups is 1. The van der Waals surface area contributed by atoms with Crippen LogP contribution in [0.15, 0.2) is 42.5 Å². The average Bonchev–Trinajstić information content (AvgIpc) is 2.94. The van der Waals surface area contributed by atoms with Crippen LogP contribution >= 0.6 is 12.2 Å². The van der Waals surface area contributed by atoms with Gasteiger partial charge in [-0.15, -0.1) is 0 Å². The first-order chi connectivity index (χ1) is 18.9. The maximum absolute atomic E-state index is 13.3. The van der Waals surface area contributed by atoms with Crippen LogP contribution in [-0.4, -0.2) is 37.3 Å². The van der Waals surface area contributed by atoms with Crippen LogP contribution in [0.1, 0.15) is 54.6 Å². The maximum atomic E-state index is 13.3. The van der Waals surface area contributed by atoms with Gasteiger partial charge in [-0.05, 0) is 91.6 Å². The van der Waals surface area contributed by atoms with Crippen LogP contribution < -0.4 is 30.4 Å². The van der Waals surface area contributed by atoms with E-state index in [-0.39, 0.29) is 16.4 Å². The van der Waals surface area contributed by atoms with E-state index < -0.39 is 0 Å². The normalized spacial score (nSPS) is 24.7. The molecule has 4 aliphatic carbocycles. The Labute approximate surface area is 233 Å². The van der Waals surface area contributed by atoms with E-state index in [0.29, 0.717) is 28.6 Å². The molecule has 1 amide bonds. The summed E-state index contributed by atoms with van der Waals surface area (Å²) in [6.45, 7) is 0. The summed E-state index contributed by atoms with van der Waals surface area (Å²) in [4.78, 5) is 18.1. The van der Waals surface area contributed by atoms with Crippen molar-refractivity contribution in [1.29, 1.82) is 0 Å². The zero-order valence-corrected chi connectivity index (χ0v) is 23.3. The van der Waals surface area contributed by atoms with E-state index in [1.54, 1.807) is 33.5 Å². The first-order valence-corrected chi connectivity index (χ1v) is 13.9. The molecule has 7 rings (SSSR count). The van der Waals surface area contributed by atoms with Gasteiger partial charge >= 0.3 is 0 Å². The van der Waals surface area contributed by atoms with Gasteiger partial charge < -0.3 is 19.5 Å². The number of methoxy groups -OCH3 is 3. The quantitative estimate of drug-likeness (QED) is 0.281. The van der Waals surface area contributed by atoms with Gasteiger partial charge in [0.05, 0.1) is 26.8 Å². The van der Waals surface area contributed by atoms with E-state index in [0.717, 1.165) is 23.3 Å². The lowest BCUT2D eigenvalue weighted by atomic mass is 9.48. The van der Waals surface area contributed by atoms with Gasteiger partial charge in [-0.1, -0.05) is 18.2 Å². The number of hydrazine groups is 1. The number of hydrogen-bond donors (Lipinski definition) is 3. The van der Waals surface area contributed by atoms with Crippen LogP contribution in [-0.2, 0) is 5.41 Å². The number of para-hydroxylation sites is 1. The lowest BCUT2D eigenvalue weighted by molar-refractivity contribution is -0.00454. The second-order valence-corrected chi connectivity index (χ2v) is 11.6. The van der Waals surface area contributed by atoms with Crippen molar-refractivity contribution < 1.29 is 19.0 Å². The highest BCUT2D eigenvalue weighted by molar-refractivity contribution is 7.80. The summed E-state index contributed by atoms with van der Waals surface area (Å²) in [7, 11) is 4.64. The molecule has 39 heavy (non-hydrogen) atoms. The highest BCUT2D eigenvalue weighted by atomic mass is 32.1. The molecule has 8 nitrogen and oxygen atoms in total. The van der Waals surface area contributed by atoms with Crippen molar-refractivity contribution in [3.8, 4) is 17.2 Å². The molecule has 1 heterocycles. The van der Waals surface area contributed by atoms with Gasteiger partial charge in [0.15, 0.2) is 16.6 Å². The van der Waals surface area contributed by atoms with Crippen molar-refractivity contribution in [3.05, 3.63) is 53.7 Å². The summed E-state index contributed by atoms with van der Waals surface area (Å²) >= 11 is 5.43. The molecule has 4 saturated carbocycles. The Hall–Kier alpha value is -3.59. The molecule has 0 spiro atoms. The summed E-state index contributed by atoms with van der Waals surface area (Å²) in [5.41, 5.74) is 8.82. The molecular weight excluding hydrogens is 512 g/mol. The van der Waals surface area contributed by atoms with E-state index in [1.165, 1.54) is 49.5 Å². The standard InChI is InChI=1S/C30H34N4O4S/c1-36-25-11-20(12-26(37-2)27(25)38-3)31-29(39)34-33-28(35)24-13-22(21-6-4-5-7-23(21)32-24)30-14-17-8-18(15-30)10-19(9-17)16-30/h4-7,11-13,17-19H,8-10,14-16H2,1-3H3,(H,33,35)(H2,31,34,39). The fourth-order valence-corrected chi connectivity index (χ4v) is 7.83. The van der Waals surface area contributed by atoms with Crippen molar-refractivity contribution in [2.75, 3.05) is 26.6 Å². The number of benzene rings is 2. The van der Waals surface area contributed by atoms with Crippen LogP contribution in [0.25, 0.3) is 10.9 Å². The number of pyridine rings is 1. The van der Waals surface area contributed by atoms with Crippen molar-refractivity contribution in [1.82, 2.24) is 15.8 Å². The molecule has 2 aromatic carbocycles. The molecule has 3 aromatic rings. The molecule has 0 saturated heterocycles. The van der Waals surface area contributed by atoms with Crippen LogP contribution in [0.5, 0.6) is 17.2 Å². The van der Waals surface area contributed by atoms with Gasteiger partial charge in [0.1, 0.15) is 5.69 Å². The molecule has 0 aliphatic heterocycles. The number of ether oxygens (including phenoxy) is 3. The Morgan fingerprint density at radius 3 is 2.10 bits per heavy atom. The lowest BCUT2D eigenvalue weighted by Gasteiger charge is -2.57. The first-order valence-electron chi connectivity index (χ1n) is 13.5. The van der Waals surface area contributed by atoms with Gasteiger partial charge in [0.25, 0.3) is 5.91 Å². The molecule has 3 N–H and O–H groups in total. The minimum Gasteiger partial charge on any atom is -0.493 e. The van der Waals surface area contributed by atoms with Crippen molar-refractivity contribution in [3.63, 3.8) is 0 Å². The summed E-state index contributed by atoms with van der Waals surface area (Å²) < 4.78 is 16.2. The smallest absolute Gasteiger partial charge is 0.288 e. The van der Waals surface area contributed by atoms with E-state index in [4.69, 9.17) is 31.4 Å². The van der Waals surface area contributed by atoms with Crippen LogP contribution in [0.2, 0.25) is 0 Å². The third-order valence-corrected chi connectivity index (χ3v) is 8.97. The zero-order valence-electron chi connectivity index (χ0n) is 22.5. The fraction of sp³-hybridized carbons (Fsp3) is 0.433. The molecule has 4 fully saturated rings. The molecule has 1 aromatic heterocycles. The van der Waals surface area contributed by atoms with Gasteiger partial charge in [0, 0.05) is 23.2 Å². The molecule has 0 unspecified atom stereocenters. The van der Waals surface area contributed by atoms with Gasteiger partial charge in [-0.25, -0.2) is 4.98 Å². The Morgan fingerprint density at radius 1 is 0.897 bits per heavy atom. The van der Waals surface area contributed by atoms with Crippen LogP contribution in [0.4, 0.5) is 5.69 Å². The second-order valence-electron chi connectivity index (χ2n) is 11.2. The average molecular weight is 547 g/mol. The number of thiocarbonyl (C=S) groups is 1. The zero-order chi connectivity index (χ0) is 27.1. The van der Waals surface area contributed by atoms with Crippen molar-refractivity contribution in [2.45, 2.75) is 43.9 Å². The highest BCUT2D eigenvalue weighted by Crippen LogP contribution is 2.61. The molecule has 0 atom stereocenters. The number of hydrogen-bond acceptors (Lipinski definition) is 6. The predicted octanol–water partition coefficient (Wildman–Crippen LogP) is 5.36. The fourth-order valence-electron chi connectivity index (χ4n) is 7.66. The Morgan fingerprint density at radius 2 is 1.51 bits per heavy atom. The summed E-state index contributed by atoms with van der Waals surface area (Å²) in [5, 5.41) is 4.43. The van der Waals surface area contributed by atoms with Gasteiger partial charge in [-0.3, -0.25) is 15.6 Å². The molecule has 9 heteroatoms. The number of carbonyl (C=O) groups excluding carboxylic acids is 1. The van der Waals surface area contributed by atoms with E-state index in [9.17, 15) is 4.79 Å². The number of nitrogens with one attached hydrogen (secondary N) is 3. The minimum atomic E-state index is -0.333. The maximum Gasteiger partial charge on any atom is 0.288 e. The van der Waals surface area contributed by atoms with Crippen LogP contribution in [0, 0.1) is 17.8 Å². The minimum absolute atomic E-state index is 0.142. The van der Waals surface area contributed by atoms with Gasteiger partial charge in [0.2, 0.25) is 5.75 Å².